The third kappa shape index (κ3) is 5.64. The zero-order valence-electron chi connectivity index (χ0n) is 8.72. The number of piperazine rings is 1. The average Bonchev–Trinajstić information content (AvgIpc) is 2.22. The Hall–Kier alpha value is 0.850. The molecule has 0 aliphatic carbocycles. The second-order valence-electron chi connectivity index (χ2n) is 3.54. The second-order valence-corrected chi connectivity index (χ2v) is 5.38. The van der Waals surface area contributed by atoms with Crippen LogP contribution >= 0.6 is 45.2 Å². The number of amides is 1. The van der Waals surface area contributed by atoms with E-state index in [2.05, 4.69) is 60.3 Å². The van der Waals surface area contributed by atoms with Gasteiger partial charge in [0.05, 0.1) is 11.1 Å². The number of nitrogens with one attached hydrogen (secondary N) is 1. The van der Waals surface area contributed by atoms with Crippen LogP contribution in [0.2, 0.25) is 0 Å². The van der Waals surface area contributed by atoms with Gasteiger partial charge in [0.2, 0.25) is 5.91 Å². The fraction of sp³-hybridized carbons (Fsp3) is 0.889. The molecule has 4 nitrogen and oxygen atoms in total. The van der Waals surface area contributed by atoms with Gasteiger partial charge in [-0.3, -0.25) is 9.69 Å². The topological polar surface area (TPSA) is 35.6 Å². The van der Waals surface area contributed by atoms with E-state index in [-0.39, 0.29) is 5.91 Å². The van der Waals surface area contributed by atoms with Crippen molar-refractivity contribution in [3.8, 4) is 0 Å². The third-order valence-electron chi connectivity index (χ3n) is 2.50. The van der Waals surface area contributed by atoms with Gasteiger partial charge in [-0.25, -0.2) is 0 Å². The van der Waals surface area contributed by atoms with Crippen molar-refractivity contribution >= 4 is 51.1 Å². The fourth-order valence-electron chi connectivity index (χ4n) is 1.62. The van der Waals surface area contributed by atoms with Crippen molar-refractivity contribution in [2.75, 3.05) is 48.2 Å². The minimum atomic E-state index is 0.145. The molecule has 1 N–H and O–H groups in total. The van der Waals surface area contributed by atoms with Gasteiger partial charge in [-0.1, -0.05) is 45.2 Å². The summed E-state index contributed by atoms with van der Waals surface area (Å²) in [6.45, 7) is 5.97. The third-order valence-corrected chi connectivity index (χ3v) is 3.36. The lowest BCUT2D eigenvalue weighted by Gasteiger charge is -2.33. The van der Waals surface area contributed by atoms with E-state index in [9.17, 15) is 4.79 Å². The zero-order valence-corrected chi connectivity index (χ0v) is 13.0. The summed E-state index contributed by atoms with van der Waals surface area (Å²) in [6, 6.07) is 0. The Labute approximate surface area is 118 Å². The summed E-state index contributed by atoms with van der Waals surface area (Å²) in [5, 5.41) is 2.82. The highest BCUT2D eigenvalue weighted by molar-refractivity contribution is 14.1. The van der Waals surface area contributed by atoms with Crippen LogP contribution in [0.25, 0.3) is 0 Å². The molecule has 0 aromatic heterocycles. The average molecular weight is 437 g/mol. The summed E-state index contributed by atoms with van der Waals surface area (Å²) in [5.41, 5.74) is 0. The van der Waals surface area contributed by atoms with Gasteiger partial charge in [-0.2, -0.15) is 0 Å². The highest BCUT2D eigenvalue weighted by Crippen LogP contribution is 2.01. The van der Waals surface area contributed by atoms with Gasteiger partial charge < -0.3 is 10.2 Å². The molecule has 0 aromatic rings. The number of carbonyl (C=O) groups is 1. The number of rotatable bonds is 5. The van der Waals surface area contributed by atoms with Crippen molar-refractivity contribution < 1.29 is 4.79 Å². The predicted octanol–water partition coefficient (Wildman–Crippen LogP) is 0.548. The minimum absolute atomic E-state index is 0.145. The number of hydrogen-bond acceptors (Lipinski definition) is 3. The molecule has 0 aromatic carbocycles. The first-order chi connectivity index (χ1) is 7.26. The lowest BCUT2D eigenvalue weighted by Crippen LogP contribution is -2.49. The van der Waals surface area contributed by atoms with Crippen molar-refractivity contribution in [3.05, 3.63) is 0 Å². The summed E-state index contributed by atoms with van der Waals surface area (Å²) in [4.78, 5) is 16.0. The van der Waals surface area contributed by atoms with Gasteiger partial charge in [0.15, 0.2) is 0 Å². The van der Waals surface area contributed by atoms with E-state index < -0.39 is 0 Å². The quantitative estimate of drug-likeness (QED) is 0.388. The molecule has 1 fully saturated rings. The van der Waals surface area contributed by atoms with Gasteiger partial charge in [0.1, 0.15) is 0 Å². The summed E-state index contributed by atoms with van der Waals surface area (Å²) in [6.07, 6.45) is 0. The Kier molecular flexibility index (Phi) is 7.44. The van der Waals surface area contributed by atoms with Crippen LogP contribution in [0.4, 0.5) is 0 Å². The predicted molar refractivity (Wildman–Crippen MR) is 78.8 cm³/mol. The SMILES string of the molecule is O=C(CN1CCN(CCI)CC1)NCI. The van der Waals surface area contributed by atoms with Crippen LogP contribution in [-0.2, 0) is 4.79 Å². The molecular weight excluding hydrogens is 420 g/mol. The van der Waals surface area contributed by atoms with E-state index in [0.29, 0.717) is 11.1 Å². The molecular formula is C9H17I2N3O. The van der Waals surface area contributed by atoms with E-state index >= 15 is 0 Å². The molecule has 1 rings (SSSR count). The van der Waals surface area contributed by atoms with Crippen LogP contribution < -0.4 is 5.32 Å². The summed E-state index contributed by atoms with van der Waals surface area (Å²) in [7, 11) is 0. The highest BCUT2D eigenvalue weighted by atomic mass is 127. The number of nitrogens with zero attached hydrogens (tertiary/aromatic N) is 2. The fourth-order valence-corrected chi connectivity index (χ4v) is 2.73. The molecule has 0 unspecified atom stereocenters. The Bertz CT molecular complexity index is 196. The van der Waals surface area contributed by atoms with E-state index in [0.717, 1.165) is 26.2 Å². The first kappa shape index (κ1) is 13.9. The van der Waals surface area contributed by atoms with Crippen LogP contribution in [0.5, 0.6) is 0 Å². The van der Waals surface area contributed by atoms with Crippen LogP contribution in [0, 0.1) is 0 Å². The first-order valence-electron chi connectivity index (χ1n) is 5.09. The highest BCUT2D eigenvalue weighted by Gasteiger charge is 2.17. The van der Waals surface area contributed by atoms with Crippen LogP contribution in [-0.4, -0.2) is 64.0 Å². The van der Waals surface area contributed by atoms with E-state index in [1.807, 2.05) is 0 Å². The number of halogens is 2. The standard InChI is InChI=1S/C9H17I2N3O/c10-1-2-13-3-5-14(6-4-13)7-9(15)12-8-11/h1-8H2,(H,12,15). The molecule has 0 radical (unpaired) electrons. The normalized spacial score (nSPS) is 19.1. The molecule has 88 valence electrons. The van der Waals surface area contributed by atoms with Gasteiger partial charge in [-0.05, 0) is 0 Å². The number of carbonyl (C=O) groups excluding carboxylic acids is 1. The lowest BCUT2D eigenvalue weighted by atomic mass is 10.3. The van der Waals surface area contributed by atoms with Crippen molar-refractivity contribution in [2.24, 2.45) is 0 Å². The molecule has 1 aliphatic rings. The first-order valence-corrected chi connectivity index (χ1v) is 8.14. The Morgan fingerprint density at radius 3 is 2.27 bits per heavy atom. The van der Waals surface area contributed by atoms with Crippen LogP contribution in [0.3, 0.4) is 0 Å². The second kappa shape index (κ2) is 8.02. The largest absolute Gasteiger partial charge is 0.346 e. The zero-order chi connectivity index (χ0) is 11.1. The Balaban J connectivity index is 2.16. The monoisotopic (exact) mass is 437 g/mol. The molecule has 0 bridgehead atoms. The van der Waals surface area contributed by atoms with Crippen molar-refractivity contribution in [2.45, 2.75) is 0 Å². The van der Waals surface area contributed by atoms with Gasteiger partial charge in [-0.15, -0.1) is 0 Å². The Morgan fingerprint density at radius 1 is 1.13 bits per heavy atom. The molecule has 1 heterocycles. The van der Waals surface area contributed by atoms with Gasteiger partial charge in [0, 0.05) is 37.2 Å². The van der Waals surface area contributed by atoms with E-state index in [1.165, 1.54) is 11.0 Å². The number of hydrogen-bond donors (Lipinski definition) is 1. The molecule has 0 spiro atoms. The van der Waals surface area contributed by atoms with Crippen molar-refractivity contribution in [1.29, 1.82) is 0 Å². The summed E-state index contributed by atoms with van der Waals surface area (Å²) in [5.74, 6) is 0.145. The molecule has 0 atom stereocenters. The minimum Gasteiger partial charge on any atom is -0.346 e. The summed E-state index contributed by atoms with van der Waals surface area (Å²) >= 11 is 4.56. The molecule has 15 heavy (non-hydrogen) atoms. The smallest absolute Gasteiger partial charge is 0.234 e. The van der Waals surface area contributed by atoms with E-state index in [4.69, 9.17) is 0 Å². The van der Waals surface area contributed by atoms with Gasteiger partial charge in [0.25, 0.3) is 0 Å². The van der Waals surface area contributed by atoms with Crippen molar-refractivity contribution in [3.63, 3.8) is 0 Å². The maximum atomic E-state index is 11.3. The molecule has 0 saturated carbocycles. The maximum Gasteiger partial charge on any atom is 0.234 e. The summed E-state index contributed by atoms with van der Waals surface area (Å²) < 4.78 is 1.89. The molecule has 1 amide bonds. The molecule has 6 heteroatoms. The Morgan fingerprint density at radius 2 is 1.73 bits per heavy atom. The maximum absolute atomic E-state index is 11.3. The molecule has 1 aliphatic heterocycles. The van der Waals surface area contributed by atoms with Crippen LogP contribution in [0.1, 0.15) is 0 Å². The van der Waals surface area contributed by atoms with E-state index in [1.54, 1.807) is 0 Å². The van der Waals surface area contributed by atoms with Crippen LogP contribution in [0.15, 0.2) is 0 Å². The number of alkyl halides is 2. The van der Waals surface area contributed by atoms with Crippen molar-refractivity contribution in [1.82, 2.24) is 15.1 Å². The lowest BCUT2D eigenvalue weighted by molar-refractivity contribution is -0.122. The molecule has 1 saturated heterocycles. The van der Waals surface area contributed by atoms with Gasteiger partial charge >= 0.3 is 0 Å².